The maximum Gasteiger partial charge on any atom is 0.332 e. The number of nitrogens with two attached hydrogens (primary N) is 2. The molecule has 4 aliphatic carbocycles. The molecule has 39 heavy (non-hydrogen) atoms. The zero-order chi connectivity index (χ0) is 28.3. The summed E-state index contributed by atoms with van der Waals surface area (Å²) in [6.45, 7) is 6.08. The number of rotatable bonds is 5. The third-order valence-corrected chi connectivity index (χ3v) is 11.5. The Balaban J connectivity index is 1.66. The Morgan fingerprint density at radius 3 is 2.38 bits per heavy atom. The van der Waals surface area contributed by atoms with Crippen molar-refractivity contribution < 1.29 is 29.6 Å². The number of aliphatic hydroxyl groups is 2. The molecule has 4 fully saturated rings. The zero-order valence-electron chi connectivity index (χ0n) is 23.3. The molecule has 0 aliphatic heterocycles. The van der Waals surface area contributed by atoms with Gasteiger partial charge in [-0.1, -0.05) is 44.2 Å². The molecular weight excluding hydrogens is 496 g/mol. The molecule has 5 rings (SSSR count). The Kier molecular flexibility index (Phi) is 7.24. The molecule has 0 bridgehead atoms. The second-order valence-corrected chi connectivity index (χ2v) is 13.1. The molecule has 0 heterocycles. The van der Waals surface area contributed by atoms with Gasteiger partial charge in [0.2, 0.25) is 0 Å². The van der Waals surface area contributed by atoms with Gasteiger partial charge >= 0.3 is 11.9 Å². The van der Waals surface area contributed by atoms with Crippen molar-refractivity contribution in [2.24, 2.45) is 45.5 Å². The first kappa shape index (κ1) is 28.3. The SMILES string of the molecule is CC(=O)O[C@H]1C[C@@]2(C)[C@@H](C[C@@H](O)[C@H]3[C@@]4(C)CC[C@@H](O)[C@@H](N)[C@@H]4CC[C@@]32CN)/C1=C(\Cc1ccccc1)C(=O)O. The molecule has 0 unspecified atom stereocenters. The molecule has 0 aromatic heterocycles. The summed E-state index contributed by atoms with van der Waals surface area (Å²) in [4.78, 5) is 25.1. The molecule has 1 aromatic carbocycles. The largest absolute Gasteiger partial charge is 0.478 e. The summed E-state index contributed by atoms with van der Waals surface area (Å²) in [6, 6.07) is 9.09. The first-order valence-electron chi connectivity index (χ1n) is 14.4. The Bertz CT molecular complexity index is 1150. The summed E-state index contributed by atoms with van der Waals surface area (Å²) in [7, 11) is 0. The second-order valence-electron chi connectivity index (χ2n) is 13.1. The number of esters is 1. The van der Waals surface area contributed by atoms with Crippen LogP contribution in [-0.4, -0.2) is 58.2 Å². The van der Waals surface area contributed by atoms with E-state index in [0.717, 1.165) is 24.8 Å². The first-order valence-corrected chi connectivity index (χ1v) is 14.4. The minimum Gasteiger partial charge on any atom is -0.478 e. The van der Waals surface area contributed by atoms with Crippen molar-refractivity contribution in [1.29, 1.82) is 0 Å². The molecule has 10 atom stereocenters. The van der Waals surface area contributed by atoms with Gasteiger partial charge in [-0.2, -0.15) is 0 Å². The molecule has 8 nitrogen and oxygen atoms in total. The first-order chi connectivity index (χ1) is 18.4. The highest BCUT2D eigenvalue weighted by atomic mass is 16.5. The van der Waals surface area contributed by atoms with Crippen molar-refractivity contribution >= 4 is 11.9 Å². The number of benzene rings is 1. The van der Waals surface area contributed by atoms with Crippen molar-refractivity contribution in [2.45, 2.75) is 90.1 Å². The second kappa shape index (κ2) is 9.98. The van der Waals surface area contributed by atoms with E-state index in [2.05, 4.69) is 13.8 Å². The van der Waals surface area contributed by atoms with Crippen LogP contribution in [0.3, 0.4) is 0 Å². The topological polar surface area (TPSA) is 156 Å². The average Bonchev–Trinajstić information content (AvgIpc) is 3.16. The summed E-state index contributed by atoms with van der Waals surface area (Å²) in [5.41, 5.74) is 13.7. The number of aliphatic carboxylic acids is 1. The van der Waals surface area contributed by atoms with Crippen LogP contribution in [0.15, 0.2) is 41.5 Å². The van der Waals surface area contributed by atoms with Crippen molar-refractivity contribution in [3.05, 3.63) is 47.0 Å². The third kappa shape index (κ3) is 4.17. The van der Waals surface area contributed by atoms with Gasteiger partial charge in [0, 0.05) is 25.0 Å². The standard InChI is InChI=1S/C31H44N2O6/c1-17(34)39-24-15-30(3)21(25(24)19(28(37)38)13-18-7-5-4-6-8-18)14-23(36)27-29(2)11-10-22(35)26(33)20(29)9-12-31(27,30)16-32/h4-8,20-24,26-27,35-36H,9-16,32-33H2,1-3H3,(H,37,38)/b25-19-/t20-,21-,22+,23+,24-,26-,27-,29-,30-,31+/m0/s1. The lowest BCUT2D eigenvalue weighted by Crippen LogP contribution is -2.70. The van der Waals surface area contributed by atoms with Crippen molar-refractivity contribution in [3.63, 3.8) is 0 Å². The molecule has 214 valence electrons. The number of carboxylic acid groups (broad SMARTS) is 1. The van der Waals surface area contributed by atoms with Crippen LogP contribution in [0.5, 0.6) is 0 Å². The highest BCUT2D eigenvalue weighted by molar-refractivity contribution is 5.89. The van der Waals surface area contributed by atoms with Gasteiger partial charge in [0.1, 0.15) is 6.10 Å². The van der Waals surface area contributed by atoms with E-state index in [4.69, 9.17) is 16.2 Å². The van der Waals surface area contributed by atoms with Crippen LogP contribution >= 0.6 is 0 Å². The lowest BCUT2D eigenvalue weighted by Gasteiger charge is -2.69. The summed E-state index contributed by atoms with van der Waals surface area (Å²) in [5, 5.41) is 33.0. The van der Waals surface area contributed by atoms with E-state index in [0.29, 0.717) is 31.4 Å². The average molecular weight is 541 g/mol. The quantitative estimate of drug-likeness (QED) is 0.282. The van der Waals surface area contributed by atoms with Gasteiger partial charge in [-0.3, -0.25) is 4.79 Å². The molecule has 7 N–H and O–H groups in total. The van der Waals surface area contributed by atoms with Gasteiger partial charge in [-0.05, 0) is 90.2 Å². The van der Waals surface area contributed by atoms with E-state index in [1.165, 1.54) is 6.92 Å². The number of hydrogen-bond donors (Lipinski definition) is 5. The van der Waals surface area contributed by atoms with Gasteiger partial charge in [0.15, 0.2) is 0 Å². The normalized spacial score (nSPS) is 44.5. The fourth-order valence-electron chi connectivity index (χ4n) is 9.89. The molecule has 0 radical (unpaired) electrons. The number of carbonyl (C=O) groups excluding carboxylic acids is 1. The highest BCUT2D eigenvalue weighted by Gasteiger charge is 2.72. The van der Waals surface area contributed by atoms with Gasteiger partial charge < -0.3 is 31.5 Å². The van der Waals surface area contributed by atoms with Gasteiger partial charge in [-0.25, -0.2) is 4.79 Å². The molecule has 4 saturated carbocycles. The Morgan fingerprint density at radius 1 is 1.08 bits per heavy atom. The smallest absolute Gasteiger partial charge is 0.332 e. The van der Waals surface area contributed by atoms with Crippen LogP contribution in [0.25, 0.3) is 0 Å². The number of carboxylic acids is 1. The maximum atomic E-state index is 12.8. The van der Waals surface area contributed by atoms with Crippen LogP contribution in [-0.2, 0) is 20.7 Å². The van der Waals surface area contributed by atoms with Crippen molar-refractivity contribution in [1.82, 2.24) is 0 Å². The van der Waals surface area contributed by atoms with Crippen LogP contribution in [0.2, 0.25) is 0 Å². The zero-order valence-corrected chi connectivity index (χ0v) is 23.3. The third-order valence-electron chi connectivity index (χ3n) is 11.5. The number of hydrogen-bond acceptors (Lipinski definition) is 7. The minimum atomic E-state index is -1.03. The van der Waals surface area contributed by atoms with Crippen molar-refractivity contribution in [2.75, 3.05) is 6.54 Å². The van der Waals surface area contributed by atoms with Crippen molar-refractivity contribution in [3.8, 4) is 0 Å². The van der Waals surface area contributed by atoms with Crippen LogP contribution < -0.4 is 11.5 Å². The Labute approximate surface area is 230 Å². The molecular formula is C31H44N2O6. The fourth-order valence-corrected chi connectivity index (χ4v) is 9.89. The molecule has 0 spiro atoms. The molecule has 8 heteroatoms. The number of ether oxygens (including phenoxy) is 1. The number of fused-ring (bicyclic) bond motifs is 5. The molecule has 0 amide bonds. The maximum absolute atomic E-state index is 12.8. The van der Waals surface area contributed by atoms with Gasteiger partial charge in [-0.15, -0.1) is 0 Å². The lowest BCUT2D eigenvalue weighted by molar-refractivity contribution is -0.230. The Morgan fingerprint density at radius 2 is 1.77 bits per heavy atom. The predicted octanol–water partition coefficient (Wildman–Crippen LogP) is 2.79. The summed E-state index contributed by atoms with van der Waals surface area (Å²) in [6.07, 6.45) is 1.92. The summed E-state index contributed by atoms with van der Waals surface area (Å²) < 4.78 is 5.88. The summed E-state index contributed by atoms with van der Waals surface area (Å²) >= 11 is 0. The van der Waals surface area contributed by atoms with Crippen LogP contribution in [0.1, 0.15) is 64.9 Å². The molecule has 4 aliphatic rings. The number of carbonyl (C=O) groups is 2. The van der Waals surface area contributed by atoms with Gasteiger partial charge in [0.25, 0.3) is 0 Å². The minimum absolute atomic E-state index is 0.0640. The predicted molar refractivity (Wildman–Crippen MR) is 146 cm³/mol. The summed E-state index contributed by atoms with van der Waals surface area (Å²) in [5.74, 6) is -1.88. The van der Waals surface area contributed by atoms with Crippen LogP contribution in [0.4, 0.5) is 0 Å². The number of aliphatic hydroxyl groups excluding tert-OH is 2. The van der Waals surface area contributed by atoms with E-state index in [9.17, 15) is 24.9 Å². The van der Waals surface area contributed by atoms with Gasteiger partial charge in [0.05, 0.1) is 12.2 Å². The monoisotopic (exact) mass is 540 g/mol. The van der Waals surface area contributed by atoms with E-state index in [1.54, 1.807) is 0 Å². The molecule has 0 saturated heterocycles. The Hall–Kier alpha value is -2.26. The fraction of sp³-hybridized carbons (Fsp3) is 0.677. The van der Waals surface area contributed by atoms with E-state index in [1.807, 2.05) is 30.3 Å². The van der Waals surface area contributed by atoms with E-state index < -0.39 is 41.1 Å². The lowest BCUT2D eigenvalue weighted by atomic mass is 9.36. The van der Waals surface area contributed by atoms with E-state index in [-0.39, 0.29) is 41.2 Å². The highest BCUT2D eigenvalue weighted by Crippen LogP contribution is 2.73. The molecule has 1 aromatic rings. The van der Waals surface area contributed by atoms with E-state index >= 15 is 0 Å². The van der Waals surface area contributed by atoms with Crippen LogP contribution in [0, 0.1) is 34.0 Å².